The van der Waals surface area contributed by atoms with Crippen molar-refractivity contribution in [2.75, 3.05) is 7.05 Å². The Morgan fingerprint density at radius 1 is 1.35 bits per heavy atom. The summed E-state index contributed by atoms with van der Waals surface area (Å²) in [7, 11) is -2.66. The highest BCUT2D eigenvalue weighted by Crippen LogP contribution is 2.31. The zero-order valence-electron chi connectivity index (χ0n) is 9.29. The van der Waals surface area contributed by atoms with Gasteiger partial charge in [0, 0.05) is 5.56 Å². The molecule has 1 aromatic rings. The van der Waals surface area contributed by atoms with Crippen molar-refractivity contribution < 1.29 is 17.6 Å². The summed E-state index contributed by atoms with van der Waals surface area (Å²) in [6.45, 7) is 0. The van der Waals surface area contributed by atoms with Crippen LogP contribution in [-0.4, -0.2) is 21.8 Å². The van der Waals surface area contributed by atoms with E-state index in [0.717, 1.165) is 12.5 Å². The molecule has 0 bridgehead atoms. The van der Waals surface area contributed by atoms with Crippen molar-refractivity contribution in [1.82, 2.24) is 4.72 Å². The van der Waals surface area contributed by atoms with Crippen LogP contribution in [-0.2, 0) is 22.9 Å². The van der Waals surface area contributed by atoms with E-state index < -0.39 is 20.7 Å². The van der Waals surface area contributed by atoms with Crippen LogP contribution in [0.4, 0.5) is 4.39 Å². The van der Waals surface area contributed by atoms with E-state index in [9.17, 15) is 17.6 Å². The molecule has 1 aromatic carbocycles. The fourth-order valence-corrected chi connectivity index (χ4v) is 3.02. The van der Waals surface area contributed by atoms with E-state index in [1.807, 2.05) is 0 Å². The molecule has 0 saturated heterocycles. The number of carbonyl (C=O) groups excluding carboxylic acids is 1. The van der Waals surface area contributed by atoms with Gasteiger partial charge >= 0.3 is 0 Å². The van der Waals surface area contributed by atoms with E-state index in [1.165, 1.54) is 7.05 Å². The van der Waals surface area contributed by atoms with E-state index in [-0.39, 0.29) is 5.56 Å². The van der Waals surface area contributed by atoms with Gasteiger partial charge in [-0.05, 0) is 43.5 Å². The summed E-state index contributed by atoms with van der Waals surface area (Å²) in [6.07, 6.45) is 2.43. The molecule has 1 N–H and O–H groups in total. The van der Waals surface area contributed by atoms with Gasteiger partial charge in [0.05, 0.1) is 0 Å². The Morgan fingerprint density at radius 2 is 2.00 bits per heavy atom. The Balaban J connectivity index is 2.76. The molecule has 4 nitrogen and oxygen atoms in total. The van der Waals surface area contributed by atoms with Gasteiger partial charge in [0.15, 0.2) is 0 Å². The minimum Gasteiger partial charge on any atom is -0.298 e. The number of hydrogen-bond acceptors (Lipinski definition) is 3. The van der Waals surface area contributed by atoms with Crippen LogP contribution in [0.2, 0.25) is 0 Å². The van der Waals surface area contributed by atoms with Gasteiger partial charge in [0.2, 0.25) is 10.0 Å². The lowest BCUT2D eigenvalue weighted by atomic mass is 10.0. The SMILES string of the molecule is CNS(=O)(=O)c1cc(C=O)c2c(c1F)CCC2. The summed E-state index contributed by atoms with van der Waals surface area (Å²) < 4.78 is 39.3. The largest absolute Gasteiger partial charge is 0.298 e. The first-order valence-electron chi connectivity index (χ1n) is 5.24. The summed E-state index contributed by atoms with van der Waals surface area (Å²) in [6, 6.07) is 1.11. The normalized spacial score (nSPS) is 14.7. The second-order valence-corrected chi connectivity index (χ2v) is 5.77. The fraction of sp³-hybridized carbons (Fsp3) is 0.364. The maximum Gasteiger partial charge on any atom is 0.243 e. The van der Waals surface area contributed by atoms with Crippen LogP contribution in [0, 0.1) is 5.82 Å². The number of benzene rings is 1. The van der Waals surface area contributed by atoms with Gasteiger partial charge in [-0.2, -0.15) is 0 Å². The van der Waals surface area contributed by atoms with Gasteiger partial charge in [0.1, 0.15) is 17.0 Å². The Hall–Kier alpha value is -1.27. The molecule has 2 rings (SSSR count). The summed E-state index contributed by atoms with van der Waals surface area (Å²) in [5.41, 5.74) is 1.28. The van der Waals surface area contributed by atoms with Crippen molar-refractivity contribution >= 4 is 16.3 Å². The lowest BCUT2D eigenvalue weighted by Gasteiger charge is -2.10. The molecule has 6 heteroatoms. The predicted octanol–water partition coefficient (Wildman–Crippen LogP) is 1.04. The smallest absolute Gasteiger partial charge is 0.243 e. The van der Waals surface area contributed by atoms with Gasteiger partial charge in [-0.3, -0.25) is 4.79 Å². The molecule has 0 radical (unpaired) electrons. The molecule has 0 fully saturated rings. The molecule has 0 unspecified atom stereocenters. The zero-order valence-corrected chi connectivity index (χ0v) is 10.1. The number of rotatable bonds is 3. The average Bonchev–Trinajstić information content (AvgIpc) is 2.79. The van der Waals surface area contributed by atoms with Gasteiger partial charge in [-0.25, -0.2) is 17.5 Å². The second-order valence-electron chi connectivity index (χ2n) is 3.91. The van der Waals surface area contributed by atoms with E-state index in [1.54, 1.807) is 0 Å². The van der Waals surface area contributed by atoms with E-state index in [2.05, 4.69) is 4.72 Å². The first kappa shape index (κ1) is 12.2. The molecule has 0 spiro atoms. The molecule has 1 aliphatic rings. The highest BCUT2D eigenvalue weighted by molar-refractivity contribution is 7.89. The molecular formula is C11H12FNO3S. The Labute approximate surface area is 98.9 Å². The van der Waals surface area contributed by atoms with Crippen LogP contribution in [0.3, 0.4) is 0 Å². The molecule has 0 aromatic heterocycles. The number of hydrogen-bond donors (Lipinski definition) is 1. The van der Waals surface area contributed by atoms with Gasteiger partial charge < -0.3 is 0 Å². The van der Waals surface area contributed by atoms with Crippen molar-refractivity contribution in [2.24, 2.45) is 0 Å². The van der Waals surface area contributed by atoms with Crippen LogP contribution in [0.25, 0.3) is 0 Å². The highest BCUT2D eigenvalue weighted by Gasteiger charge is 2.27. The van der Waals surface area contributed by atoms with Crippen molar-refractivity contribution in [3.8, 4) is 0 Å². The van der Waals surface area contributed by atoms with Crippen molar-refractivity contribution in [2.45, 2.75) is 24.2 Å². The summed E-state index contributed by atoms with van der Waals surface area (Å²) >= 11 is 0. The number of halogens is 1. The number of aldehydes is 1. The van der Waals surface area contributed by atoms with Crippen molar-refractivity contribution in [3.05, 3.63) is 28.6 Å². The lowest BCUT2D eigenvalue weighted by Crippen LogP contribution is -2.21. The van der Waals surface area contributed by atoms with Gasteiger partial charge in [-0.1, -0.05) is 0 Å². The lowest BCUT2D eigenvalue weighted by molar-refractivity contribution is 0.112. The monoisotopic (exact) mass is 257 g/mol. The van der Waals surface area contributed by atoms with Crippen LogP contribution < -0.4 is 4.72 Å². The second kappa shape index (κ2) is 4.19. The van der Waals surface area contributed by atoms with Crippen LogP contribution in [0.5, 0.6) is 0 Å². The zero-order chi connectivity index (χ0) is 12.6. The molecule has 0 amide bonds. The topological polar surface area (TPSA) is 63.2 Å². The van der Waals surface area contributed by atoms with Crippen LogP contribution >= 0.6 is 0 Å². The Bertz CT molecular complexity index is 581. The van der Waals surface area contributed by atoms with E-state index in [4.69, 9.17) is 0 Å². The third-order valence-electron chi connectivity index (χ3n) is 3.02. The minimum absolute atomic E-state index is 0.271. The third kappa shape index (κ3) is 1.87. The highest BCUT2D eigenvalue weighted by atomic mass is 32.2. The molecule has 17 heavy (non-hydrogen) atoms. The summed E-state index contributed by atoms with van der Waals surface area (Å²) in [4.78, 5) is 10.5. The molecule has 92 valence electrons. The molecular weight excluding hydrogens is 245 g/mol. The maximum absolute atomic E-state index is 14.0. The summed E-state index contributed by atoms with van der Waals surface area (Å²) in [5.74, 6) is -0.725. The first-order chi connectivity index (χ1) is 8.01. The quantitative estimate of drug-likeness (QED) is 0.823. The molecule has 0 aliphatic heterocycles. The number of sulfonamides is 1. The standard InChI is InChI=1S/C11H12FNO3S/c1-13-17(15,16)10-5-7(6-14)8-3-2-4-9(8)11(10)12/h5-6,13H,2-4H2,1H3. The van der Waals surface area contributed by atoms with Crippen LogP contribution in [0.15, 0.2) is 11.0 Å². The number of fused-ring (bicyclic) bond motifs is 1. The van der Waals surface area contributed by atoms with Crippen LogP contribution in [0.1, 0.15) is 27.9 Å². The average molecular weight is 257 g/mol. The fourth-order valence-electron chi connectivity index (χ4n) is 2.16. The maximum atomic E-state index is 14.0. The molecule has 0 saturated carbocycles. The number of nitrogens with one attached hydrogen (secondary N) is 1. The van der Waals surface area contributed by atoms with E-state index in [0.29, 0.717) is 30.3 Å². The van der Waals surface area contributed by atoms with Crippen molar-refractivity contribution in [1.29, 1.82) is 0 Å². The van der Waals surface area contributed by atoms with E-state index >= 15 is 0 Å². The first-order valence-corrected chi connectivity index (χ1v) is 6.72. The Kier molecular flexibility index (Phi) is 3.01. The predicted molar refractivity (Wildman–Crippen MR) is 60.1 cm³/mol. The van der Waals surface area contributed by atoms with Gasteiger partial charge in [0.25, 0.3) is 0 Å². The van der Waals surface area contributed by atoms with Crippen molar-refractivity contribution in [3.63, 3.8) is 0 Å². The molecule has 0 atom stereocenters. The Morgan fingerprint density at radius 3 is 2.59 bits per heavy atom. The third-order valence-corrected chi connectivity index (χ3v) is 4.43. The number of carbonyl (C=O) groups is 1. The molecule has 1 aliphatic carbocycles. The summed E-state index contributed by atoms with van der Waals surface area (Å²) in [5, 5.41) is 0. The van der Waals surface area contributed by atoms with Gasteiger partial charge in [-0.15, -0.1) is 0 Å². The molecule has 0 heterocycles. The minimum atomic E-state index is -3.87.